The Labute approximate surface area is 81.9 Å². The minimum atomic E-state index is -1.18. The van der Waals surface area contributed by atoms with Crippen LogP contribution in [0, 0.1) is 0 Å². The Bertz CT molecular complexity index is 336. The molecule has 3 heteroatoms. The fourth-order valence-corrected chi connectivity index (χ4v) is 1.86. The van der Waals surface area contributed by atoms with Gasteiger partial charge in [0.1, 0.15) is 5.67 Å². The maximum absolute atomic E-state index is 13.6. The Balaban J connectivity index is 2.44. The first-order chi connectivity index (χ1) is 6.08. The van der Waals surface area contributed by atoms with Crippen molar-refractivity contribution in [2.24, 2.45) is 0 Å². The molecule has 1 aromatic rings. The van der Waals surface area contributed by atoms with Gasteiger partial charge in [-0.15, -0.1) is 0 Å². The first kappa shape index (κ1) is 8.82. The number of hydrogen-bond donors (Lipinski definition) is 1. The number of nitrogens with one attached hydrogen (secondary N) is 1. The Kier molecular flexibility index (Phi) is 1.95. The van der Waals surface area contributed by atoms with E-state index in [1.54, 1.807) is 13.0 Å². The van der Waals surface area contributed by atoms with Gasteiger partial charge in [0, 0.05) is 23.7 Å². The van der Waals surface area contributed by atoms with E-state index in [9.17, 15) is 4.39 Å². The van der Waals surface area contributed by atoms with Crippen LogP contribution >= 0.6 is 11.6 Å². The highest BCUT2D eigenvalue weighted by Gasteiger charge is 2.30. The van der Waals surface area contributed by atoms with Gasteiger partial charge in [-0.05, 0) is 24.6 Å². The van der Waals surface area contributed by atoms with Crippen molar-refractivity contribution in [3.63, 3.8) is 0 Å². The third-order valence-electron chi connectivity index (χ3n) is 2.31. The van der Waals surface area contributed by atoms with Crippen LogP contribution in [0.25, 0.3) is 0 Å². The number of anilines is 1. The van der Waals surface area contributed by atoms with Gasteiger partial charge in [0.15, 0.2) is 0 Å². The second kappa shape index (κ2) is 2.88. The van der Waals surface area contributed by atoms with Gasteiger partial charge in [-0.2, -0.15) is 0 Å². The van der Waals surface area contributed by atoms with Gasteiger partial charge >= 0.3 is 0 Å². The topological polar surface area (TPSA) is 12.0 Å². The second-order valence-corrected chi connectivity index (χ2v) is 4.12. The summed E-state index contributed by atoms with van der Waals surface area (Å²) >= 11 is 5.96. The largest absolute Gasteiger partial charge is 0.382 e. The van der Waals surface area contributed by atoms with E-state index in [1.165, 1.54) is 0 Å². The molecule has 0 saturated carbocycles. The SMILES string of the molecule is CC1(F)CNc2cccc(Cl)c2C1. The summed E-state index contributed by atoms with van der Waals surface area (Å²) in [7, 11) is 0. The lowest BCUT2D eigenvalue weighted by atomic mass is 9.93. The van der Waals surface area contributed by atoms with Crippen LogP contribution in [0.15, 0.2) is 18.2 Å². The van der Waals surface area contributed by atoms with Crippen molar-refractivity contribution in [3.05, 3.63) is 28.8 Å². The predicted octanol–water partition coefficient (Wildman–Crippen LogP) is 3.04. The molecule has 0 spiro atoms. The Morgan fingerprint density at radius 3 is 3.08 bits per heavy atom. The molecular formula is C10H11ClFN. The summed E-state index contributed by atoms with van der Waals surface area (Å²) in [5.41, 5.74) is 0.667. The highest BCUT2D eigenvalue weighted by Crippen LogP contribution is 2.33. The van der Waals surface area contributed by atoms with Gasteiger partial charge < -0.3 is 5.32 Å². The lowest BCUT2D eigenvalue weighted by molar-refractivity contribution is 0.202. The molecule has 13 heavy (non-hydrogen) atoms. The van der Waals surface area contributed by atoms with Crippen molar-refractivity contribution in [1.82, 2.24) is 0 Å². The Morgan fingerprint density at radius 2 is 2.31 bits per heavy atom. The van der Waals surface area contributed by atoms with Gasteiger partial charge in [-0.3, -0.25) is 0 Å². The molecule has 2 rings (SSSR count). The average molecular weight is 200 g/mol. The first-order valence-electron chi connectivity index (χ1n) is 4.29. The van der Waals surface area contributed by atoms with E-state index in [1.807, 2.05) is 12.1 Å². The van der Waals surface area contributed by atoms with Crippen molar-refractivity contribution >= 4 is 17.3 Å². The zero-order valence-electron chi connectivity index (χ0n) is 7.40. The van der Waals surface area contributed by atoms with Crippen LogP contribution in [-0.2, 0) is 6.42 Å². The first-order valence-corrected chi connectivity index (χ1v) is 4.66. The number of benzene rings is 1. The van der Waals surface area contributed by atoms with E-state index in [0.717, 1.165) is 11.3 Å². The third-order valence-corrected chi connectivity index (χ3v) is 2.67. The zero-order valence-corrected chi connectivity index (χ0v) is 8.16. The molecule has 70 valence electrons. The summed E-state index contributed by atoms with van der Waals surface area (Å²) < 4.78 is 13.6. The quantitative estimate of drug-likeness (QED) is 0.677. The van der Waals surface area contributed by atoms with E-state index in [-0.39, 0.29) is 0 Å². The van der Waals surface area contributed by atoms with Gasteiger partial charge in [0.05, 0.1) is 0 Å². The van der Waals surface area contributed by atoms with Crippen LogP contribution in [0.3, 0.4) is 0 Å². The van der Waals surface area contributed by atoms with Crippen LogP contribution in [0.5, 0.6) is 0 Å². The molecule has 1 nitrogen and oxygen atoms in total. The normalized spacial score (nSPS) is 26.4. The number of alkyl halides is 1. The molecule has 0 amide bonds. The zero-order chi connectivity index (χ0) is 9.47. The van der Waals surface area contributed by atoms with Crippen molar-refractivity contribution < 1.29 is 4.39 Å². The number of rotatable bonds is 0. The molecule has 0 aliphatic carbocycles. The fourth-order valence-electron chi connectivity index (χ4n) is 1.61. The molecule has 1 heterocycles. The summed E-state index contributed by atoms with van der Waals surface area (Å²) in [6, 6.07) is 5.59. The number of halogens is 2. The van der Waals surface area contributed by atoms with Crippen LogP contribution in [0.2, 0.25) is 5.02 Å². The lowest BCUT2D eigenvalue weighted by Crippen LogP contribution is -2.35. The van der Waals surface area contributed by atoms with E-state index >= 15 is 0 Å². The lowest BCUT2D eigenvalue weighted by Gasteiger charge is -2.29. The van der Waals surface area contributed by atoms with Crippen molar-refractivity contribution in [2.75, 3.05) is 11.9 Å². The van der Waals surface area contributed by atoms with E-state index in [2.05, 4.69) is 5.32 Å². The number of fused-ring (bicyclic) bond motifs is 1. The molecule has 0 radical (unpaired) electrons. The molecule has 0 saturated heterocycles. The van der Waals surface area contributed by atoms with Gasteiger partial charge in [-0.25, -0.2) is 4.39 Å². The van der Waals surface area contributed by atoms with Crippen LogP contribution in [0.4, 0.5) is 10.1 Å². The van der Waals surface area contributed by atoms with Crippen molar-refractivity contribution in [1.29, 1.82) is 0 Å². The summed E-state index contributed by atoms with van der Waals surface area (Å²) in [6.45, 7) is 1.95. The summed E-state index contributed by atoms with van der Waals surface area (Å²) in [5, 5.41) is 3.68. The molecular weight excluding hydrogens is 189 g/mol. The highest BCUT2D eigenvalue weighted by atomic mass is 35.5. The van der Waals surface area contributed by atoms with E-state index < -0.39 is 5.67 Å². The predicted molar refractivity (Wildman–Crippen MR) is 53.2 cm³/mol. The Hall–Kier alpha value is -0.760. The molecule has 0 fully saturated rings. The summed E-state index contributed by atoms with van der Waals surface area (Å²) in [5.74, 6) is 0. The molecule has 1 N–H and O–H groups in total. The monoisotopic (exact) mass is 199 g/mol. The molecule has 1 aliphatic heterocycles. The Morgan fingerprint density at radius 1 is 1.54 bits per heavy atom. The standard InChI is InChI=1S/C10H11ClFN/c1-10(12)5-7-8(11)3-2-4-9(7)13-6-10/h2-4,13H,5-6H2,1H3. The third kappa shape index (κ3) is 1.63. The molecule has 1 unspecified atom stereocenters. The molecule has 0 bridgehead atoms. The number of hydrogen-bond acceptors (Lipinski definition) is 1. The van der Waals surface area contributed by atoms with Gasteiger partial charge in [0.25, 0.3) is 0 Å². The molecule has 1 atom stereocenters. The van der Waals surface area contributed by atoms with Crippen LogP contribution < -0.4 is 5.32 Å². The minimum Gasteiger partial charge on any atom is -0.382 e. The van der Waals surface area contributed by atoms with Gasteiger partial charge in [-0.1, -0.05) is 17.7 Å². The van der Waals surface area contributed by atoms with Gasteiger partial charge in [0.2, 0.25) is 0 Å². The molecule has 1 aromatic carbocycles. The second-order valence-electron chi connectivity index (χ2n) is 3.71. The minimum absolute atomic E-state index is 0.361. The smallest absolute Gasteiger partial charge is 0.129 e. The molecule has 1 aliphatic rings. The maximum Gasteiger partial charge on any atom is 0.129 e. The highest BCUT2D eigenvalue weighted by molar-refractivity contribution is 6.31. The van der Waals surface area contributed by atoms with Crippen molar-refractivity contribution in [3.8, 4) is 0 Å². The molecule has 0 aromatic heterocycles. The van der Waals surface area contributed by atoms with Crippen molar-refractivity contribution in [2.45, 2.75) is 19.0 Å². The van der Waals surface area contributed by atoms with E-state index in [4.69, 9.17) is 11.6 Å². The summed E-state index contributed by atoms with van der Waals surface area (Å²) in [4.78, 5) is 0. The van der Waals surface area contributed by atoms with Crippen LogP contribution in [-0.4, -0.2) is 12.2 Å². The summed E-state index contributed by atoms with van der Waals surface area (Å²) in [6.07, 6.45) is 0.398. The fraction of sp³-hybridized carbons (Fsp3) is 0.400. The van der Waals surface area contributed by atoms with Crippen LogP contribution in [0.1, 0.15) is 12.5 Å². The maximum atomic E-state index is 13.6. The van der Waals surface area contributed by atoms with E-state index in [0.29, 0.717) is 18.0 Å². The average Bonchev–Trinajstić information content (AvgIpc) is 2.06.